The zero-order valence-electron chi connectivity index (χ0n) is 4.31. The van der Waals surface area contributed by atoms with Gasteiger partial charge in [-0.15, -0.1) is 0 Å². The summed E-state index contributed by atoms with van der Waals surface area (Å²) in [7, 11) is 0. The molecule has 0 N–H and O–H groups in total. The van der Waals surface area contributed by atoms with Gasteiger partial charge in [-0.25, -0.2) is 0 Å². The van der Waals surface area contributed by atoms with E-state index in [0.717, 1.165) is 0 Å². The maximum atomic E-state index is 10.4. The number of carbonyl (C=O) groups excluding carboxylic acids is 1. The molecule has 0 aromatic rings. The molecular formula is C5H8O2. The van der Waals surface area contributed by atoms with Gasteiger partial charge < -0.3 is 4.74 Å². The van der Waals surface area contributed by atoms with Crippen LogP contribution >= 0.6 is 0 Å². The van der Waals surface area contributed by atoms with Gasteiger partial charge in [-0.1, -0.05) is 0 Å². The molecule has 0 aromatic carbocycles. The van der Waals surface area contributed by atoms with Crippen LogP contribution in [0.1, 0.15) is 13.3 Å². The SMILES string of the molecule is C[C@@H]1OCCC1=O. The normalized spacial score (nSPS) is 31.6. The zero-order valence-corrected chi connectivity index (χ0v) is 4.31. The third-order valence-electron chi connectivity index (χ3n) is 1.17. The van der Waals surface area contributed by atoms with Crippen molar-refractivity contribution in [3.63, 3.8) is 0 Å². The lowest BCUT2D eigenvalue weighted by Crippen LogP contribution is -2.08. The van der Waals surface area contributed by atoms with Crippen LogP contribution in [0.3, 0.4) is 0 Å². The molecule has 1 rings (SSSR count). The number of rotatable bonds is 0. The molecule has 0 aromatic heterocycles. The molecule has 2 nitrogen and oxygen atoms in total. The molecule has 0 saturated carbocycles. The smallest absolute Gasteiger partial charge is 0.163 e. The monoisotopic (exact) mass is 100 g/mol. The summed E-state index contributed by atoms with van der Waals surface area (Å²) in [6.07, 6.45) is 0.487. The number of Topliss-reactive ketones (excluding diaryl/α,β-unsaturated/α-hetero) is 1. The van der Waals surface area contributed by atoms with Crippen LogP contribution in [0.15, 0.2) is 0 Å². The van der Waals surface area contributed by atoms with E-state index in [9.17, 15) is 4.79 Å². The van der Waals surface area contributed by atoms with E-state index in [1.165, 1.54) is 0 Å². The first-order chi connectivity index (χ1) is 3.30. The lowest BCUT2D eigenvalue weighted by molar-refractivity contribution is -0.121. The molecule has 1 aliphatic heterocycles. The average Bonchev–Trinajstić information content (AvgIpc) is 1.91. The highest BCUT2D eigenvalue weighted by molar-refractivity contribution is 5.84. The Kier molecular flexibility index (Phi) is 1.11. The van der Waals surface area contributed by atoms with Crippen LogP contribution in [-0.2, 0) is 9.53 Å². The van der Waals surface area contributed by atoms with Gasteiger partial charge >= 0.3 is 0 Å². The van der Waals surface area contributed by atoms with Gasteiger partial charge in [-0.3, -0.25) is 4.79 Å². The first kappa shape index (κ1) is 4.78. The summed E-state index contributed by atoms with van der Waals surface area (Å²) in [5.41, 5.74) is 0. The third kappa shape index (κ3) is 0.800. The fourth-order valence-corrected chi connectivity index (χ4v) is 0.633. The van der Waals surface area contributed by atoms with Crippen molar-refractivity contribution >= 4 is 5.78 Å². The summed E-state index contributed by atoms with van der Waals surface area (Å²) in [5.74, 6) is 0.236. The molecule has 0 aliphatic carbocycles. The molecule has 40 valence electrons. The second-order valence-corrected chi connectivity index (χ2v) is 1.73. The van der Waals surface area contributed by atoms with Crippen molar-refractivity contribution < 1.29 is 9.53 Å². The molecule has 0 unspecified atom stereocenters. The molecule has 7 heavy (non-hydrogen) atoms. The van der Waals surface area contributed by atoms with Crippen molar-refractivity contribution in [3.05, 3.63) is 0 Å². The van der Waals surface area contributed by atoms with E-state index in [0.29, 0.717) is 13.0 Å². The van der Waals surface area contributed by atoms with Gasteiger partial charge in [0.25, 0.3) is 0 Å². The van der Waals surface area contributed by atoms with Crippen LogP contribution in [0.5, 0.6) is 0 Å². The summed E-state index contributed by atoms with van der Waals surface area (Å²) in [6.45, 7) is 2.41. The van der Waals surface area contributed by atoms with Gasteiger partial charge in [0.1, 0.15) is 6.10 Å². The van der Waals surface area contributed by atoms with Crippen molar-refractivity contribution in [2.45, 2.75) is 19.4 Å². The largest absolute Gasteiger partial charge is 0.370 e. The molecule has 0 amide bonds. The minimum atomic E-state index is -0.125. The highest BCUT2D eigenvalue weighted by atomic mass is 16.5. The molecule has 1 saturated heterocycles. The highest BCUT2D eigenvalue weighted by Gasteiger charge is 2.19. The van der Waals surface area contributed by atoms with Gasteiger partial charge in [0.05, 0.1) is 6.61 Å². The molecule has 1 atom stereocenters. The van der Waals surface area contributed by atoms with Crippen LogP contribution < -0.4 is 0 Å². The Morgan fingerprint density at radius 1 is 1.86 bits per heavy atom. The van der Waals surface area contributed by atoms with Crippen molar-refractivity contribution in [2.75, 3.05) is 6.61 Å². The first-order valence-electron chi connectivity index (χ1n) is 2.45. The number of ether oxygens (including phenoxy) is 1. The second-order valence-electron chi connectivity index (χ2n) is 1.73. The Hall–Kier alpha value is -0.370. The quantitative estimate of drug-likeness (QED) is 0.439. The average molecular weight is 100 g/mol. The van der Waals surface area contributed by atoms with Crippen molar-refractivity contribution in [1.29, 1.82) is 0 Å². The molecule has 0 radical (unpaired) electrons. The van der Waals surface area contributed by atoms with Crippen LogP contribution in [0.4, 0.5) is 0 Å². The van der Waals surface area contributed by atoms with Crippen LogP contribution in [0, 0.1) is 0 Å². The lowest BCUT2D eigenvalue weighted by Gasteiger charge is -1.93. The van der Waals surface area contributed by atoms with Gasteiger partial charge in [0, 0.05) is 6.42 Å². The van der Waals surface area contributed by atoms with E-state index in [1.807, 2.05) is 0 Å². The zero-order chi connectivity index (χ0) is 5.28. The highest BCUT2D eigenvalue weighted by Crippen LogP contribution is 2.05. The summed E-state index contributed by atoms with van der Waals surface area (Å²) >= 11 is 0. The topological polar surface area (TPSA) is 26.3 Å². The Balaban J connectivity index is 2.48. The maximum Gasteiger partial charge on any atom is 0.163 e. The van der Waals surface area contributed by atoms with E-state index in [4.69, 9.17) is 4.74 Å². The standard InChI is InChI=1S/C5H8O2/c1-4-5(6)2-3-7-4/h4H,2-3H2,1H3/t4-/m0/s1. The van der Waals surface area contributed by atoms with Crippen molar-refractivity contribution in [3.8, 4) is 0 Å². The van der Waals surface area contributed by atoms with Gasteiger partial charge in [0.15, 0.2) is 5.78 Å². The molecule has 0 bridgehead atoms. The summed E-state index contributed by atoms with van der Waals surface area (Å²) in [6, 6.07) is 0. The molecule has 1 heterocycles. The van der Waals surface area contributed by atoms with E-state index in [1.54, 1.807) is 6.92 Å². The summed E-state index contributed by atoms with van der Waals surface area (Å²) < 4.78 is 4.92. The minimum absolute atomic E-state index is 0.125. The van der Waals surface area contributed by atoms with Gasteiger partial charge in [-0.05, 0) is 6.92 Å². The Labute approximate surface area is 42.5 Å². The number of hydrogen-bond acceptors (Lipinski definition) is 2. The van der Waals surface area contributed by atoms with Crippen LogP contribution in [0.2, 0.25) is 0 Å². The Morgan fingerprint density at radius 2 is 2.57 bits per heavy atom. The van der Waals surface area contributed by atoms with Crippen LogP contribution in [0.25, 0.3) is 0 Å². The first-order valence-corrected chi connectivity index (χ1v) is 2.45. The van der Waals surface area contributed by atoms with Crippen molar-refractivity contribution in [1.82, 2.24) is 0 Å². The number of ketones is 1. The third-order valence-corrected chi connectivity index (χ3v) is 1.17. The van der Waals surface area contributed by atoms with Crippen molar-refractivity contribution in [2.24, 2.45) is 0 Å². The van der Waals surface area contributed by atoms with Crippen LogP contribution in [-0.4, -0.2) is 18.5 Å². The predicted octanol–water partition coefficient (Wildman–Crippen LogP) is 0.364. The molecule has 2 heteroatoms. The Bertz CT molecular complexity index is 88.1. The molecule has 0 spiro atoms. The lowest BCUT2D eigenvalue weighted by atomic mass is 10.2. The predicted molar refractivity (Wildman–Crippen MR) is 25.0 cm³/mol. The molecule has 1 fully saturated rings. The second kappa shape index (κ2) is 1.62. The van der Waals surface area contributed by atoms with E-state index in [2.05, 4.69) is 0 Å². The van der Waals surface area contributed by atoms with Gasteiger partial charge in [-0.2, -0.15) is 0 Å². The fourth-order valence-electron chi connectivity index (χ4n) is 0.633. The maximum absolute atomic E-state index is 10.4. The summed E-state index contributed by atoms with van der Waals surface area (Å²) in [4.78, 5) is 10.4. The summed E-state index contributed by atoms with van der Waals surface area (Å²) in [5, 5.41) is 0. The molecule has 1 aliphatic rings. The number of carbonyl (C=O) groups is 1. The van der Waals surface area contributed by atoms with E-state index >= 15 is 0 Å². The Morgan fingerprint density at radius 3 is 2.71 bits per heavy atom. The van der Waals surface area contributed by atoms with Gasteiger partial charge in [0.2, 0.25) is 0 Å². The van der Waals surface area contributed by atoms with E-state index in [-0.39, 0.29) is 11.9 Å². The number of hydrogen-bond donors (Lipinski definition) is 0. The fraction of sp³-hybridized carbons (Fsp3) is 0.800. The van der Waals surface area contributed by atoms with E-state index < -0.39 is 0 Å². The molecular weight excluding hydrogens is 92.1 g/mol. The minimum Gasteiger partial charge on any atom is -0.370 e.